The first-order valence-electron chi connectivity index (χ1n) is 7.48. The van der Waals surface area contributed by atoms with Crippen LogP contribution in [0.2, 0.25) is 0 Å². The lowest BCUT2D eigenvalue weighted by Crippen LogP contribution is -2.58. The van der Waals surface area contributed by atoms with Crippen LogP contribution in [0, 0.1) is 5.41 Å². The summed E-state index contributed by atoms with van der Waals surface area (Å²) >= 11 is 0. The normalized spacial score (nSPS) is 31.8. The standard InChI is InChI=1S/C15H27NO3/c1-14(2,3)19-13(18)16-10-6-9-15(11-17)8-5-4-7-12(15)16/h12,17H,4-11H2,1-3H3/t12-,15+/m0/s1. The molecule has 0 aromatic carbocycles. The van der Waals surface area contributed by atoms with E-state index in [-0.39, 0.29) is 24.2 Å². The molecule has 110 valence electrons. The van der Waals surface area contributed by atoms with E-state index < -0.39 is 5.60 Å². The molecule has 1 heterocycles. The quantitative estimate of drug-likeness (QED) is 0.796. The molecule has 0 bridgehead atoms. The van der Waals surface area contributed by atoms with Crippen LogP contribution in [0.4, 0.5) is 4.79 Å². The van der Waals surface area contributed by atoms with Crippen LogP contribution in [0.3, 0.4) is 0 Å². The zero-order valence-electron chi connectivity index (χ0n) is 12.4. The van der Waals surface area contributed by atoms with Gasteiger partial charge in [0.1, 0.15) is 5.60 Å². The van der Waals surface area contributed by atoms with Crippen molar-refractivity contribution in [2.45, 2.75) is 70.9 Å². The van der Waals surface area contributed by atoms with Crippen molar-refractivity contribution in [1.29, 1.82) is 0 Å². The Morgan fingerprint density at radius 3 is 2.63 bits per heavy atom. The van der Waals surface area contributed by atoms with Crippen LogP contribution in [0.5, 0.6) is 0 Å². The van der Waals surface area contributed by atoms with Crippen LogP contribution in [0.1, 0.15) is 59.3 Å². The van der Waals surface area contributed by atoms with Crippen LogP contribution in [0.15, 0.2) is 0 Å². The van der Waals surface area contributed by atoms with E-state index in [2.05, 4.69) is 0 Å². The average molecular weight is 269 g/mol. The average Bonchev–Trinajstić information content (AvgIpc) is 2.35. The second-order valence-corrected chi connectivity index (χ2v) is 7.06. The van der Waals surface area contributed by atoms with Gasteiger partial charge < -0.3 is 14.7 Å². The molecule has 4 nitrogen and oxygen atoms in total. The van der Waals surface area contributed by atoms with Crippen molar-refractivity contribution in [2.75, 3.05) is 13.2 Å². The van der Waals surface area contributed by atoms with Crippen molar-refractivity contribution in [3.8, 4) is 0 Å². The maximum Gasteiger partial charge on any atom is 0.410 e. The number of rotatable bonds is 1. The highest BCUT2D eigenvalue weighted by molar-refractivity contribution is 5.69. The second-order valence-electron chi connectivity index (χ2n) is 7.06. The van der Waals surface area contributed by atoms with Crippen molar-refractivity contribution >= 4 is 6.09 Å². The number of aliphatic hydroxyl groups excluding tert-OH is 1. The summed E-state index contributed by atoms with van der Waals surface area (Å²) in [6, 6.07) is 0.162. The highest BCUT2D eigenvalue weighted by atomic mass is 16.6. The summed E-state index contributed by atoms with van der Waals surface area (Å²) in [6.45, 7) is 6.65. The Hall–Kier alpha value is -0.770. The molecule has 2 rings (SSSR count). The number of carbonyl (C=O) groups is 1. The maximum absolute atomic E-state index is 12.3. The summed E-state index contributed by atoms with van der Waals surface area (Å²) in [7, 11) is 0. The van der Waals surface area contributed by atoms with Gasteiger partial charge in [-0.2, -0.15) is 0 Å². The molecule has 2 fully saturated rings. The highest BCUT2D eigenvalue weighted by Gasteiger charge is 2.47. The Balaban J connectivity index is 2.14. The number of hydrogen-bond donors (Lipinski definition) is 1. The van der Waals surface area contributed by atoms with Crippen molar-refractivity contribution in [2.24, 2.45) is 5.41 Å². The molecule has 1 aliphatic heterocycles. The fourth-order valence-electron chi connectivity index (χ4n) is 3.63. The van der Waals surface area contributed by atoms with Crippen LogP contribution >= 0.6 is 0 Å². The minimum Gasteiger partial charge on any atom is -0.444 e. The predicted octanol–water partition coefficient (Wildman–Crippen LogP) is 2.94. The summed E-state index contributed by atoms with van der Waals surface area (Å²) in [6.07, 6.45) is 6.14. The Bertz CT molecular complexity index is 333. The Morgan fingerprint density at radius 1 is 1.32 bits per heavy atom. The monoisotopic (exact) mass is 269 g/mol. The molecule has 2 atom stereocenters. The summed E-state index contributed by atoms with van der Waals surface area (Å²) < 4.78 is 5.52. The van der Waals surface area contributed by atoms with Gasteiger partial charge in [-0.15, -0.1) is 0 Å². The summed E-state index contributed by atoms with van der Waals surface area (Å²) in [5, 5.41) is 9.83. The Labute approximate surface area is 116 Å². The molecule has 0 aromatic heterocycles. The molecule has 1 aliphatic carbocycles. The fraction of sp³-hybridized carbons (Fsp3) is 0.933. The van der Waals surface area contributed by atoms with E-state index in [0.29, 0.717) is 0 Å². The van der Waals surface area contributed by atoms with Crippen LogP contribution in [-0.4, -0.2) is 40.9 Å². The van der Waals surface area contributed by atoms with Crippen molar-refractivity contribution < 1.29 is 14.6 Å². The van der Waals surface area contributed by atoms with E-state index in [1.165, 1.54) is 6.42 Å². The predicted molar refractivity (Wildman–Crippen MR) is 73.9 cm³/mol. The molecule has 4 heteroatoms. The lowest BCUT2D eigenvalue weighted by molar-refractivity contribution is -0.0618. The van der Waals surface area contributed by atoms with Gasteiger partial charge in [0.25, 0.3) is 0 Å². The smallest absolute Gasteiger partial charge is 0.410 e. The number of carbonyl (C=O) groups excluding carboxylic acids is 1. The molecule has 1 N–H and O–H groups in total. The number of piperidine rings is 1. The van der Waals surface area contributed by atoms with E-state index >= 15 is 0 Å². The van der Waals surface area contributed by atoms with E-state index in [1.807, 2.05) is 25.7 Å². The molecule has 1 saturated carbocycles. The van der Waals surface area contributed by atoms with Gasteiger partial charge in [-0.3, -0.25) is 0 Å². The lowest BCUT2D eigenvalue weighted by atomic mass is 9.65. The number of nitrogens with zero attached hydrogens (tertiary/aromatic N) is 1. The molecule has 1 saturated heterocycles. The fourth-order valence-corrected chi connectivity index (χ4v) is 3.63. The number of fused-ring (bicyclic) bond motifs is 1. The Kier molecular flexibility index (Phi) is 4.09. The van der Waals surface area contributed by atoms with Gasteiger partial charge in [0, 0.05) is 18.0 Å². The van der Waals surface area contributed by atoms with E-state index in [0.717, 1.165) is 38.6 Å². The van der Waals surface area contributed by atoms with Gasteiger partial charge in [0.05, 0.1) is 6.61 Å². The molecule has 2 aliphatic rings. The zero-order chi connectivity index (χ0) is 14.1. The van der Waals surface area contributed by atoms with Crippen LogP contribution in [-0.2, 0) is 4.74 Å². The van der Waals surface area contributed by atoms with E-state index in [1.54, 1.807) is 0 Å². The first-order chi connectivity index (χ1) is 8.88. The first kappa shape index (κ1) is 14.6. The SMILES string of the molecule is CC(C)(C)OC(=O)N1CCC[C@@]2(CO)CCCC[C@H]12. The molecular weight excluding hydrogens is 242 g/mol. The van der Waals surface area contributed by atoms with Crippen molar-refractivity contribution in [3.05, 3.63) is 0 Å². The number of amides is 1. The van der Waals surface area contributed by atoms with Gasteiger partial charge in [-0.25, -0.2) is 4.79 Å². The minimum absolute atomic E-state index is 0.0760. The van der Waals surface area contributed by atoms with Crippen molar-refractivity contribution in [3.63, 3.8) is 0 Å². The molecular formula is C15H27NO3. The van der Waals surface area contributed by atoms with E-state index in [4.69, 9.17) is 4.74 Å². The van der Waals surface area contributed by atoms with Gasteiger partial charge in [0.2, 0.25) is 0 Å². The van der Waals surface area contributed by atoms with Crippen LogP contribution in [0.25, 0.3) is 0 Å². The molecule has 0 radical (unpaired) electrons. The molecule has 0 aromatic rings. The molecule has 0 unspecified atom stereocenters. The first-order valence-corrected chi connectivity index (χ1v) is 7.48. The van der Waals surface area contributed by atoms with Gasteiger partial charge >= 0.3 is 6.09 Å². The molecule has 1 amide bonds. The largest absolute Gasteiger partial charge is 0.444 e. The van der Waals surface area contributed by atoms with Crippen LogP contribution < -0.4 is 0 Å². The zero-order valence-corrected chi connectivity index (χ0v) is 12.4. The van der Waals surface area contributed by atoms with Gasteiger partial charge in [-0.05, 0) is 46.5 Å². The lowest BCUT2D eigenvalue weighted by Gasteiger charge is -2.51. The van der Waals surface area contributed by atoms with Gasteiger partial charge in [0.15, 0.2) is 0 Å². The third-order valence-electron chi connectivity index (χ3n) is 4.50. The molecule has 19 heavy (non-hydrogen) atoms. The second kappa shape index (κ2) is 5.31. The number of likely N-dealkylation sites (tertiary alicyclic amines) is 1. The Morgan fingerprint density at radius 2 is 2.00 bits per heavy atom. The number of hydrogen-bond acceptors (Lipinski definition) is 3. The topological polar surface area (TPSA) is 49.8 Å². The maximum atomic E-state index is 12.3. The van der Waals surface area contributed by atoms with Gasteiger partial charge in [-0.1, -0.05) is 12.8 Å². The summed E-state index contributed by atoms with van der Waals surface area (Å²) in [4.78, 5) is 14.2. The van der Waals surface area contributed by atoms with Crippen molar-refractivity contribution in [1.82, 2.24) is 4.90 Å². The number of aliphatic hydroxyl groups is 1. The third-order valence-corrected chi connectivity index (χ3v) is 4.50. The summed E-state index contributed by atoms with van der Waals surface area (Å²) in [5.41, 5.74) is -0.529. The molecule has 0 spiro atoms. The highest BCUT2D eigenvalue weighted by Crippen LogP contribution is 2.45. The minimum atomic E-state index is -0.453. The summed E-state index contributed by atoms with van der Waals surface area (Å²) in [5.74, 6) is 0. The number of ether oxygens (including phenoxy) is 1. The van der Waals surface area contributed by atoms with E-state index in [9.17, 15) is 9.90 Å². The third kappa shape index (κ3) is 3.04.